The minimum atomic E-state index is -0.197. The Hall–Kier alpha value is -2.08. The molecule has 21 heavy (non-hydrogen) atoms. The number of methoxy groups -OCH3 is 1. The molecule has 0 unspecified atom stereocenters. The number of nitrogens with zero attached hydrogens (tertiary/aromatic N) is 1. The SMILES string of the molecule is COc1ccccc1[C@H](C)NC(=O)Cn1c(C)csc1=O. The summed E-state index contributed by atoms with van der Waals surface area (Å²) in [4.78, 5) is 23.6. The molecule has 1 heterocycles. The van der Waals surface area contributed by atoms with E-state index in [1.165, 1.54) is 4.57 Å². The molecule has 1 aromatic carbocycles. The average molecular weight is 306 g/mol. The first-order valence-electron chi connectivity index (χ1n) is 6.60. The van der Waals surface area contributed by atoms with E-state index in [2.05, 4.69) is 5.32 Å². The Labute approximate surface area is 127 Å². The number of benzene rings is 1. The topological polar surface area (TPSA) is 60.3 Å². The van der Waals surface area contributed by atoms with E-state index < -0.39 is 0 Å². The molecule has 0 aliphatic carbocycles. The van der Waals surface area contributed by atoms with E-state index in [1.54, 1.807) is 12.5 Å². The van der Waals surface area contributed by atoms with Crippen LogP contribution in [0, 0.1) is 6.92 Å². The van der Waals surface area contributed by atoms with E-state index in [9.17, 15) is 9.59 Å². The standard InChI is InChI=1S/C15H18N2O3S/c1-10-9-21-15(19)17(10)8-14(18)16-11(2)12-6-4-5-7-13(12)20-3/h4-7,9,11H,8H2,1-3H3,(H,16,18)/t11-/m0/s1. The fourth-order valence-electron chi connectivity index (χ4n) is 2.13. The van der Waals surface area contributed by atoms with E-state index >= 15 is 0 Å². The van der Waals surface area contributed by atoms with E-state index in [1.807, 2.05) is 38.1 Å². The monoisotopic (exact) mass is 306 g/mol. The van der Waals surface area contributed by atoms with Gasteiger partial charge in [0, 0.05) is 16.6 Å². The molecule has 0 saturated heterocycles. The van der Waals surface area contributed by atoms with Gasteiger partial charge in [0.05, 0.1) is 13.2 Å². The lowest BCUT2D eigenvalue weighted by molar-refractivity contribution is -0.122. The maximum Gasteiger partial charge on any atom is 0.307 e. The molecule has 0 aliphatic rings. The lowest BCUT2D eigenvalue weighted by Crippen LogP contribution is -2.33. The molecule has 2 rings (SSSR count). The van der Waals surface area contributed by atoms with E-state index in [0.29, 0.717) is 0 Å². The van der Waals surface area contributed by atoms with Crippen LogP contribution in [0.1, 0.15) is 24.2 Å². The van der Waals surface area contributed by atoms with Crippen molar-refractivity contribution in [3.05, 3.63) is 50.6 Å². The Morgan fingerprint density at radius 3 is 2.76 bits per heavy atom. The Kier molecular flexibility index (Phi) is 4.80. The lowest BCUT2D eigenvalue weighted by Gasteiger charge is -2.17. The molecule has 1 atom stereocenters. The molecule has 0 radical (unpaired) electrons. The van der Waals surface area contributed by atoms with Crippen molar-refractivity contribution in [3.63, 3.8) is 0 Å². The molecule has 0 aliphatic heterocycles. The second kappa shape index (κ2) is 6.58. The smallest absolute Gasteiger partial charge is 0.307 e. The normalized spacial score (nSPS) is 12.0. The maximum atomic E-state index is 12.1. The fourth-order valence-corrected chi connectivity index (χ4v) is 2.86. The number of nitrogens with one attached hydrogen (secondary N) is 1. The summed E-state index contributed by atoms with van der Waals surface area (Å²) in [5.74, 6) is 0.534. The second-order valence-corrected chi connectivity index (χ2v) is 5.58. The number of rotatable bonds is 5. The molecule has 1 amide bonds. The molecule has 6 heteroatoms. The van der Waals surface area contributed by atoms with Gasteiger partial charge in [-0.05, 0) is 19.9 Å². The average Bonchev–Trinajstić information content (AvgIpc) is 2.79. The zero-order valence-corrected chi connectivity index (χ0v) is 13.1. The Morgan fingerprint density at radius 1 is 1.43 bits per heavy atom. The summed E-state index contributed by atoms with van der Waals surface area (Å²) in [6, 6.07) is 7.35. The van der Waals surface area contributed by atoms with Gasteiger partial charge in [-0.3, -0.25) is 14.2 Å². The zero-order chi connectivity index (χ0) is 15.4. The van der Waals surface area contributed by atoms with Crippen LogP contribution in [0.15, 0.2) is 34.4 Å². The van der Waals surface area contributed by atoms with Crippen molar-refractivity contribution in [1.82, 2.24) is 9.88 Å². The van der Waals surface area contributed by atoms with Gasteiger partial charge < -0.3 is 10.1 Å². The first kappa shape index (κ1) is 15.3. The molecule has 112 valence electrons. The van der Waals surface area contributed by atoms with Gasteiger partial charge in [0.25, 0.3) is 0 Å². The van der Waals surface area contributed by atoms with Crippen molar-refractivity contribution in [1.29, 1.82) is 0 Å². The molecular weight excluding hydrogens is 288 g/mol. The summed E-state index contributed by atoms with van der Waals surface area (Å²) in [5.41, 5.74) is 1.70. The highest BCUT2D eigenvalue weighted by molar-refractivity contribution is 7.07. The number of carbonyl (C=O) groups is 1. The zero-order valence-electron chi connectivity index (χ0n) is 12.3. The maximum absolute atomic E-state index is 12.1. The van der Waals surface area contributed by atoms with Gasteiger partial charge in [-0.2, -0.15) is 0 Å². The number of hydrogen-bond donors (Lipinski definition) is 1. The predicted octanol–water partition coefficient (Wildman–Crippen LogP) is 2.10. The van der Waals surface area contributed by atoms with Crippen LogP contribution in [0.25, 0.3) is 0 Å². The minimum absolute atomic E-state index is 0.0354. The van der Waals surface area contributed by atoms with Crippen LogP contribution in [-0.2, 0) is 11.3 Å². The van der Waals surface area contributed by atoms with E-state index in [0.717, 1.165) is 28.3 Å². The van der Waals surface area contributed by atoms with Crippen molar-refractivity contribution in [2.24, 2.45) is 0 Å². The van der Waals surface area contributed by atoms with Crippen molar-refractivity contribution >= 4 is 17.2 Å². The highest BCUT2D eigenvalue weighted by atomic mass is 32.1. The molecule has 0 saturated carbocycles. The van der Waals surface area contributed by atoms with Gasteiger partial charge in [-0.1, -0.05) is 29.5 Å². The number of hydrogen-bond acceptors (Lipinski definition) is 4. The second-order valence-electron chi connectivity index (χ2n) is 4.76. The number of aromatic nitrogens is 1. The largest absolute Gasteiger partial charge is 0.496 e. The quantitative estimate of drug-likeness (QED) is 0.920. The fraction of sp³-hybridized carbons (Fsp3) is 0.333. The summed E-state index contributed by atoms with van der Waals surface area (Å²) < 4.78 is 6.75. The number of para-hydroxylation sites is 1. The molecule has 0 bridgehead atoms. The van der Waals surface area contributed by atoms with Gasteiger partial charge >= 0.3 is 4.87 Å². The number of carbonyl (C=O) groups excluding carboxylic acids is 1. The molecule has 1 N–H and O–H groups in total. The highest BCUT2D eigenvalue weighted by Crippen LogP contribution is 2.24. The Balaban J connectivity index is 2.07. The molecule has 0 fully saturated rings. The first-order chi connectivity index (χ1) is 10.0. The predicted molar refractivity (Wildman–Crippen MR) is 82.9 cm³/mol. The van der Waals surface area contributed by atoms with Crippen LogP contribution in [-0.4, -0.2) is 17.6 Å². The van der Waals surface area contributed by atoms with Crippen LogP contribution in [0.2, 0.25) is 0 Å². The van der Waals surface area contributed by atoms with Crippen molar-refractivity contribution < 1.29 is 9.53 Å². The highest BCUT2D eigenvalue weighted by Gasteiger charge is 2.15. The Morgan fingerprint density at radius 2 is 2.14 bits per heavy atom. The summed E-state index contributed by atoms with van der Waals surface area (Å²) in [5, 5.41) is 4.64. The molecule has 5 nitrogen and oxygen atoms in total. The number of amides is 1. The van der Waals surface area contributed by atoms with Gasteiger partial charge in [0.15, 0.2) is 0 Å². The van der Waals surface area contributed by atoms with Gasteiger partial charge in [-0.25, -0.2) is 0 Å². The van der Waals surface area contributed by atoms with E-state index in [-0.39, 0.29) is 23.4 Å². The van der Waals surface area contributed by atoms with Crippen LogP contribution in [0.5, 0.6) is 5.75 Å². The molecule has 0 spiro atoms. The number of ether oxygens (including phenoxy) is 1. The summed E-state index contributed by atoms with van der Waals surface area (Å²) in [6.07, 6.45) is 0. The van der Waals surface area contributed by atoms with E-state index in [4.69, 9.17) is 4.74 Å². The third kappa shape index (κ3) is 3.52. The van der Waals surface area contributed by atoms with Crippen LogP contribution in [0.3, 0.4) is 0 Å². The number of aryl methyl sites for hydroxylation is 1. The van der Waals surface area contributed by atoms with Gasteiger partial charge in [-0.15, -0.1) is 0 Å². The molecular formula is C15H18N2O3S. The lowest BCUT2D eigenvalue weighted by atomic mass is 10.1. The van der Waals surface area contributed by atoms with Crippen molar-refractivity contribution in [2.45, 2.75) is 26.4 Å². The third-order valence-electron chi connectivity index (χ3n) is 3.26. The van der Waals surface area contributed by atoms with Crippen LogP contribution in [0.4, 0.5) is 0 Å². The van der Waals surface area contributed by atoms with Gasteiger partial charge in [0.2, 0.25) is 5.91 Å². The van der Waals surface area contributed by atoms with Gasteiger partial charge in [0.1, 0.15) is 12.3 Å². The summed E-state index contributed by atoms with van der Waals surface area (Å²) in [7, 11) is 1.60. The third-order valence-corrected chi connectivity index (χ3v) is 4.14. The first-order valence-corrected chi connectivity index (χ1v) is 7.48. The molecule has 2 aromatic rings. The van der Waals surface area contributed by atoms with Crippen molar-refractivity contribution in [2.75, 3.05) is 7.11 Å². The summed E-state index contributed by atoms with van der Waals surface area (Å²) >= 11 is 1.10. The van der Waals surface area contributed by atoms with Crippen LogP contribution < -0.4 is 14.9 Å². The van der Waals surface area contributed by atoms with Crippen molar-refractivity contribution in [3.8, 4) is 5.75 Å². The summed E-state index contributed by atoms with van der Waals surface area (Å²) in [6.45, 7) is 3.74. The molecule has 1 aromatic heterocycles. The Bertz CT molecular complexity index is 690. The number of thiazole rings is 1. The van der Waals surface area contributed by atoms with Crippen LogP contribution >= 0.6 is 11.3 Å². The minimum Gasteiger partial charge on any atom is -0.496 e.